The number of benzene rings is 1. The van der Waals surface area contributed by atoms with E-state index in [2.05, 4.69) is 25.8 Å². The third kappa shape index (κ3) is 2.65. The standard InChI is InChI=1S/C15H13N7OS/c1-10-8-24-15-18-12(6-14(23)22(10)15)7-16-11-2-4-13(5-3-11)21-9-17-19-20-21/h2-6,8-9,16H,7H2,1H3. The van der Waals surface area contributed by atoms with Gasteiger partial charge in [0.25, 0.3) is 5.56 Å². The molecule has 0 saturated heterocycles. The van der Waals surface area contributed by atoms with Gasteiger partial charge in [0.05, 0.1) is 17.9 Å². The molecule has 120 valence electrons. The second-order valence-electron chi connectivity index (χ2n) is 5.24. The average molecular weight is 339 g/mol. The highest BCUT2D eigenvalue weighted by Crippen LogP contribution is 2.14. The van der Waals surface area contributed by atoms with Gasteiger partial charge >= 0.3 is 0 Å². The highest BCUT2D eigenvalue weighted by atomic mass is 32.1. The first-order chi connectivity index (χ1) is 11.7. The van der Waals surface area contributed by atoms with E-state index in [1.54, 1.807) is 15.1 Å². The second kappa shape index (κ2) is 5.85. The van der Waals surface area contributed by atoms with Crippen LogP contribution >= 0.6 is 11.3 Å². The Labute approximate surface area is 140 Å². The Bertz CT molecular complexity index is 1030. The number of nitrogens with one attached hydrogen (secondary N) is 1. The highest BCUT2D eigenvalue weighted by Gasteiger charge is 2.06. The zero-order valence-corrected chi connectivity index (χ0v) is 13.6. The SMILES string of the molecule is Cc1csc2nc(CNc3ccc(-n4cnnn4)cc3)cc(=O)n12. The maximum atomic E-state index is 12.1. The van der Waals surface area contributed by atoms with Crippen LogP contribution in [0.4, 0.5) is 5.69 Å². The van der Waals surface area contributed by atoms with Crippen molar-refractivity contribution in [3.05, 3.63) is 63.8 Å². The number of fused-ring (bicyclic) bond motifs is 1. The van der Waals surface area contributed by atoms with E-state index in [1.165, 1.54) is 17.7 Å². The zero-order chi connectivity index (χ0) is 16.5. The van der Waals surface area contributed by atoms with Crippen molar-refractivity contribution < 1.29 is 0 Å². The molecule has 0 aliphatic carbocycles. The van der Waals surface area contributed by atoms with E-state index in [0.29, 0.717) is 17.2 Å². The fourth-order valence-electron chi connectivity index (χ4n) is 2.40. The zero-order valence-electron chi connectivity index (χ0n) is 12.7. The number of aryl methyl sites for hydroxylation is 1. The van der Waals surface area contributed by atoms with E-state index in [4.69, 9.17) is 0 Å². The molecule has 3 aromatic heterocycles. The van der Waals surface area contributed by atoms with Crippen LogP contribution in [0.5, 0.6) is 0 Å². The maximum Gasteiger partial charge on any atom is 0.259 e. The maximum absolute atomic E-state index is 12.1. The Balaban J connectivity index is 1.51. The summed E-state index contributed by atoms with van der Waals surface area (Å²) in [6.45, 7) is 2.38. The van der Waals surface area contributed by atoms with Crippen LogP contribution in [0, 0.1) is 6.92 Å². The molecule has 0 atom stereocenters. The number of rotatable bonds is 4. The molecule has 0 spiro atoms. The Kier molecular flexibility index (Phi) is 3.54. The summed E-state index contributed by atoms with van der Waals surface area (Å²) in [6.07, 6.45) is 1.54. The largest absolute Gasteiger partial charge is 0.379 e. The van der Waals surface area contributed by atoms with Gasteiger partial charge in [0.2, 0.25) is 0 Å². The third-order valence-electron chi connectivity index (χ3n) is 3.58. The third-order valence-corrected chi connectivity index (χ3v) is 4.53. The predicted octanol–water partition coefficient (Wildman–Crippen LogP) is 1.65. The minimum atomic E-state index is -0.0513. The van der Waals surface area contributed by atoms with Gasteiger partial charge in [-0.2, -0.15) is 0 Å². The van der Waals surface area contributed by atoms with Crippen LogP contribution < -0.4 is 10.9 Å². The van der Waals surface area contributed by atoms with Gasteiger partial charge in [-0.25, -0.2) is 9.67 Å². The van der Waals surface area contributed by atoms with E-state index >= 15 is 0 Å². The molecule has 9 heteroatoms. The van der Waals surface area contributed by atoms with Crippen molar-refractivity contribution in [2.45, 2.75) is 13.5 Å². The molecule has 24 heavy (non-hydrogen) atoms. The van der Waals surface area contributed by atoms with Crippen LogP contribution in [-0.2, 0) is 6.54 Å². The minimum absolute atomic E-state index is 0.0513. The van der Waals surface area contributed by atoms with Gasteiger partial charge in [0, 0.05) is 22.8 Å². The Morgan fingerprint density at radius 2 is 2.08 bits per heavy atom. The van der Waals surface area contributed by atoms with Crippen LogP contribution in [0.3, 0.4) is 0 Å². The van der Waals surface area contributed by atoms with Crippen molar-refractivity contribution in [3.63, 3.8) is 0 Å². The summed E-state index contributed by atoms with van der Waals surface area (Å²) in [7, 11) is 0. The fraction of sp³-hybridized carbons (Fsp3) is 0.133. The molecule has 4 aromatic rings. The summed E-state index contributed by atoms with van der Waals surface area (Å²) < 4.78 is 3.20. The number of tetrazole rings is 1. The monoisotopic (exact) mass is 339 g/mol. The molecule has 0 radical (unpaired) electrons. The first-order valence-corrected chi connectivity index (χ1v) is 8.13. The Morgan fingerprint density at radius 1 is 1.25 bits per heavy atom. The first-order valence-electron chi connectivity index (χ1n) is 7.25. The Morgan fingerprint density at radius 3 is 2.83 bits per heavy atom. The van der Waals surface area contributed by atoms with Gasteiger partial charge in [0.1, 0.15) is 6.33 Å². The molecule has 0 fully saturated rings. The fourth-order valence-corrected chi connectivity index (χ4v) is 3.29. The lowest BCUT2D eigenvalue weighted by molar-refractivity contribution is 0.789. The van der Waals surface area contributed by atoms with Crippen molar-refractivity contribution >= 4 is 22.0 Å². The lowest BCUT2D eigenvalue weighted by Gasteiger charge is -2.07. The van der Waals surface area contributed by atoms with Gasteiger partial charge in [-0.15, -0.1) is 16.4 Å². The van der Waals surface area contributed by atoms with Crippen LogP contribution in [0.15, 0.2) is 46.8 Å². The van der Waals surface area contributed by atoms with Crippen LogP contribution in [-0.4, -0.2) is 29.6 Å². The van der Waals surface area contributed by atoms with Crippen LogP contribution in [0.1, 0.15) is 11.4 Å². The van der Waals surface area contributed by atoms with E-state index in [-0.39, 0.29) is 5.56 Å². The normalized spacial score (nSPS) is 11.0. The van der Waals surface area contributed by atoms with Crippen molar-refractivity contribution in [2.24, 2.45) is 0 Å². The Hall–Kier alpha value is -3.07. The minimum Gasteiger partial charge on any atom is -0.379 e. The predicted molar refractivity (Wildman–Crippen MR) is 90.6 cm³/mol. The van der Waals surface area contributed by atoms with Crippen LogP contribution in [0.2, 0.25) is 0 Å². The van der Waals surface area contributed by atoms with Gasteiger partial charge in [-0.3, -0.25) is 9.20 Å². The summed E-state index contributed by atoms with van der Waals surface area (Å²) in [4.78, 5) is 17.4. The summed E-state index contributed by atoms with van der Waals surface area (Å²) in [6, 6.07) is 9.24. The molecule has 0 aliphatic rings. The van der Waals surface area contributed by atoms with Crippen LogP contribution in [0.25, 0.3) is 10.6 Å². The molecular formula is C15H13N7OS. The number of anilines is 1. The molecule has 8 nitrogen and oxygen atoms in total. The molecule has 0 unspecified atom stereocenters. The van der Waals surface area contributed by atoms with Crippen molar-refractivity contribution in [1.29, 1.82) is 0 Å². The number of hydrogen-bond donors (Lipinski definition) is 1. The van der Waals surface area contributed by atoms with E-state index in [0.717, 1.165) is 17.1 Å². The lowest BCUT2D eigenvalue weighted by atomic mass is 10.2. The molecule has 0 saturated carbocycles. The van der Waals surface area contributed by atoms with Crippen molar-refractivity contribution in [2.75, 3.05) is 5.32 Å². The number of hydrogen-bond acceptors (Lipinski definition) is 7. The topological polar surface area (TPSA) is 90.0 Å². The number of nitrogens with zero attached hydrogens (tertiary/aromatic N) is 6. The van der Waals surface area contributed by atoms with Crippen molar-refractivity contribution in [3.8, 4) is 5.69 Å². The quantitative estimate of drug-likeness (QED) is 0.608. The molecule has 1 N–H and O–H groups in total. The van der Waals surface area contributed by atoms with Gasteiger partial charge in [-0.1, -0.05) is 0 Å². The first kappa shape index (κ1) is 14.5. The van der Waals surface area contributed by atoms with E-state index in [1.807, 2.05) is 36.6 Å². The molecular weight excluding hydrogens is 326 g/mol. The van der Waals surface area contributed by atoms with Gasteiger partial charge in [-0.05, 0) is 41.6 Å². The van der Waals surface area contributed by atoms with Gasteiger partial charge < -0.3 is 5.32 Å². The molecule has 0 amide bonds. The molecule has 0 bridgehead atoms. The van der Waals surface area contributed by atoms with Crippen molar-refractivity contribution in [1.82, 2.24) is 29.6 Å². The molecule has 3 heterocycles. The molecule has 0 aliphatic heterocycles. The summed E-state index contributed by atoms with van der Waals surface area (Å²) in [5, 5.41) is 16.3. The summed E-state index contributed by atoms with van der Waals surface area (Å²) in [5.41, 5.74) is 3.37. The number of aromatic nitrogens is 6. The summed E-state index contributed by atoms with van der Waals surface area (Å²) >= 11 is 1.47. The highest BCUT2D eigenvalue weighted by molar-refractivity contribution is 7.15. The average Bonchev–Trinajstić information content (AvgIpc) is 3.24. The molecule has 4 rings (SSSR count). The number of thiazole rings is 1. The lowest BCUT2D eigenvalue weighted by Crippen LogP contribution is -2.16. The second-order valence-corrected chi connectivity index (χ2v) is 6.07. The van der Waals surface area contributed by atoms with E-state index in [9.17, 15) is 4.79 Å². The summed E-state index contributed by atoms with van der Waals surface area (Å²) in [5.74, 6) is 0. The molecule has 1 aromatic carbocycles. The van der Waals surface area contributed by atoms with E-state index < -0.39 is 0 Å². The smallest absolute Gasteiger partial charge is 0.259 e. The van der Waals surface area contributed by atoms with Gasteiger partial charge in [0.15, 0.2) is 4.96 Å².